The fourth-order valence-electron chi connectivity index (χ4n) is 2.53. The molecule has 0 spiro atoms. The normalized spacial score (nSPS) is 22.3. The lowest BCUT2D eigenvalue weighted by atomic mass is 9.97. The van der Waals surface area contributed by atoms with E-state index in [1.54, 1.807) is 0 Å². The molecule has 2 heteroatoms. The van der Waals surface area contributed by atoms with Gasteiger partial charge in [0, 0.05) is 12.6 Å². The molecule has 0 saturated carbocycles. The van der Waals surface area contributed by atoms with Crippen LogP contribution < -0.4 is 5.73 Å². The Balaban J connectivity index is 2.02. The molecule has 0 aliphatic carbocycles. The molecule has 1 fully saturated rings. The van der Waals surface area contributed by atoms with E-state index in [0.29, 0.717) is 0 Å². The molecule has 1 aromatic carbocycles. The summed E-state index contributed by atoms with van der Waals surface area (Å²) in [4.78, 5) is 0. The van der Waals surface area contributed by atoms with Crippen LogP contribution in [0, 0.1) is 13.8 Å². The third-order valence-electron chi connectivity index (χ3n) is 3.20. The number of rotatable bonds is 3. The van der Waals surface area contributed by atoms with Gasteiger partial charge < -0.3 is 10.5 Å². The van der Waals surface area contributed by atoms with Gasteiger partial charge in [0.25, 0.3) is 0 Å². The van der Waals surface area contributed by atoms with E-state index in [1.807, 2.05) is 0 Å². The second kappa shape index (κ2) is 4.98. The highest BCUT2D eigenvalue weighted by molar-refractivity contribution is 5.29. The number of aryl methyl sites for hydroxylation is 2. The van der Waals surface area contributed by atoms with Crippen LogP contribution in [0.1, 0.15) is 29.5 Å². The van der Waals surface area contributed by atoms with E-state index in [1.165, 1.54) is 16.7 Å². The van der Waals surface area contributed by atoms with Crippen LogP contribution in [0.15, 0.2) is 18.2 Å². The maximum Gasteiger partial charge on any atom is 0.0730 e. The SMILES string of the molecule is Cc1cc(C)cc(CC(N)C2CCCO2)c1. The minimum absolute atomic E-state index is 0.142. The first kappa shape index (κ1) is 11.6. The van der Waals surface area contributed by atoms with Crippen LogP contribution in [0.25, 0.3) is 0 Å². The Morgan fingerprint density at radius 2 is 2.00 bits per heavy atom. The fraction of sp³-hybridized carbons (Fsp3) is 0.571. The Hall–Kier alpha value is -0.860. The van der Waals surface area contributed by atoms with Crippen molar-refractivity contribution in [1.29, 1.82) is 0 Å². The number of benzene rings is 1. The van der Waals surface area contributed by atoms with Crippen molar-refractivity contribution in [3.63, 3.8) is 0 Å². The highest BCUT2D eigenvalue weighted by atomic mass is 16.5. The van der Waals surface area contributed by atoms with Crippen LogP contribution in [0.2, 0.25) is 0 Å². The van der Waals surface area contributed by atoms with Crippen molar-refractivity contribution >= 4 is 0 Å². The van der Waals surface area contributed by atoms with Gasteiger partial charge in [-0.2, -0.15) is 0 Å². The largest absolute Gasteiger partial charge is 0.377 e. The Morgan fingerprint density at radius 1 is 1.31 bits per heavy atom. The summed E-state index contributed by atoms with van der Waals surface area (Å²) in [5.74, 6) is 0. The highest BCUT2D eigenvalue weighted by Gasteiger charge is 2.22. The standard InChI is InChI=1S/C14H21NO/c1-10-6-11(2)8-12(7-10)9-13(15)14-4-3-5-16-14/h6-8,13-14H,3-5,9,15H2,1-2H3. The van der Waals surface area contributed by atoms with Crippen molar-refractivity contribution < 1.29 is 4.74 Å². The molecular formula is C14H21NO. The van der Waals surface area contributed by atoms with Gasteiger partial charge in [-0.1, -0.05) is 29.3 Å². The summed E-state index contributed by atoms with van der Waals surface area (Å²) in [6.07, 6.45) is 3.46. The Kier molecular flexibility index (Phi) is 3.62. The minimum atomic E-state index is 0.142. The first-order valence-corrected chi connectivity index (χ1v) is 6.09. The summed E-state index contributed by atoms with van der Waals surface area (Å²) >= 11 is 0. The first-order chi connectivity index (χ1) is 7.65. The zero-order chi connectivity index (χ0) is 11.5. The lowest BCUT2D eigenvalue weighted by Gasteiger charge is -2.18. The van der Waals surface area contributed by atoms with E-state index < -0.39 is 0 Å². The molecule has 0 aromatic heterocycles. The van der Waals surface area contributed by atoms with Crippen LogP contribution in [0.3, 0.4) is 0 Å². The van der Waals surface area contributed by atoms with Gasteiger partial charge in [-0.25, -0.2) is 0 Å². The number of ether oxygens (including phenoxy) is 1. The molecular weight excluding hydrogens is 198 g/mol. The maximum atomic E-state index is 6.19. The highest BCUT2D eigenvalue weighted by Crippen LogP contribution is 2.18. The molecule has 1 aliphatic heterocycles. The van der Waals surface area contributed by atoms with Crippen molar-refractivity contribution in [2.75, 3.05) is 6.61 Å². The van der Waals surface area contributed by atoms with Crippen LogP contribution in [0.4, 0.5) is 0 Å². The second-order valence-electron chi connectivity index (χ2n) is 4.92. The first-order valence-electron chi connectivity index (χ1n) is 6.09. The molecule has 2 unspecified atom stereocenters. The zero-order valence-corrected chi connectivity index (χ0v) is 10.2. The van der Waals surface area contributed by atoms with Crippen LogP contribution in [0.5, 0.6) is 0 Å². The molecule has 16 heavy (non-hydrogen) atoms. The van der Waals surface area contributed by atoms with Gasteiger partial charge >= 0.3 is 0 Å². The van der Waals surface area contributed by atoms with Gasteiger partial charge in [0.2, 0.25) is 0 Å². The maximum absolute atomic E-state index is 6.19. The average Bonchev–Trinajstić information content (AvgIpc) is 2.68. The van der Waals surface area contributed by atoms with E-state index in [9.17, 15) is 0 Å². The fourth-order valence-corrected chi connectivity index (χ4v) is 2.53. The molecule has 2 nitrogen and oxygen atoms in total. The van der Waals surface area contributed by atoms with Crippen LogP contribution in [-0.2, 0) is 11.2 Å². The summed E-state index contributed by atoms with van der Waals surface area (Å²) in [6.45, 7) is 5.15. The quantitative estimate of drug-likeness (QED) is 0.847. The second-order valence-corrected chi connectivity index (χ2v) is 4.92. The average molecular weight is 219 g/mol. The van der Waals surface area contributed by atoms with Crippen LogP contribution in [-0.4, -0.2) is 18.8 Å². The van der Waals surface area contributed by atoms with Crippen molar-refractivity contribution in [1.82, 2.24) is 0 Å². The number of hydrogen-bond acceptors (Lipinski definition) is 2. The molecule has 88 valence electrons. The summed E-state index contributed by atoms with van der Waals surface area (Å²) in [7, 11) is 0. The molecule has 1 aromatic rings. The van der Waals surface area contributed by atoms with Crippen LogP contribution >= 0.6 is 0 Å². The molecule has 0 amide bonds. The van der Waals surface area contributed by atoms with Crippen molar-refractivity contribution in [2.24, 2.45) is 5.73 Å². The van der Waals surface area contributed by atoms with E-state index in [-0.39, 0.29) is 12.1 Å². The predicted molar refractivity (Wildman–Crippen MR) is 66.6 cm³/mol. The van der Waals surface area contributed by atoms with Crippen molar-refractivity contribution in [3.8, 4) is 0 Å². The number of nitrogens with two attached hydrogens (primary N) is 1. The topological polar surface area (TPSA) is 35.2 Å². The summed E-state index contributed by atoms with van der Waals surface area (Å²) < 4.78 is 5.62. The van der Waals surface area contributed by atoms with E-state index in [2.05, 4.69) is 32.0 Å². The van der Waals surface area contributed by atoms with Gasteiger partial charge in [0.05, 0.1) is 6.10 Å². The van der Waals surface area contributed by atoms with Crippen molar-refractivity contribution in [2.45, 2.75) is 45.3 Å². The molecule has 2 N–H and O–H groups in total. The van der Waals surface area contributed by atoms with Gasteiger partial charge in [0.15, 0.2) is 0 Å². The van der Waals surface area contributed by atoms with Gasteiger partial charge in [-0.3, -0.25) is 0 Å². The lowest BCUT2D eigenvalue weighted by molar-refractivity contribution is 0.0900. The molecule has 1 heterocycles. The molecule has 0 radical (unpaired) electrons. The monoisotopic (exact) mass is 219 g/mol. The smallest absolute Gasteiger partial charge is 0.0730 e. The van der Waals surface area contributed by atoms with E-state index >= 15 is 0 Å². The minimum Gasteiger partial charge on any atom is -0.377 e. The van der Waals surface area contributed by atoms with Gasteiger partial charge in [-0.15, -0.1) is 0 Å². The van der Waals surface area contributed by atoms with Gasteiger partial charge in [0.1, 0.15) is 0 Å². The summed E-state index contributed by atoms with van der Waals surface area (Å²) in [5.41, 5.74) is 10.1. The van der Waals surface area contributed by atoms with E-state index in [0.717, 1.165) is 25.9 Å². The third-order valence-corrected chi connectivity index (χ3v) is 3.20. The predicted octanol–water partition coefficient (Wildman–Crippen LogP) is 2.35. The molecule has 0 bridgehead atoms. The summed E-state index contributed by atoms with van der Waals surface area (Å²) in [6, 6.07) is 6.79. The Morgan fingerprint density at radius 3 is 2.56 bits per heavy atom. The summed E-state index contributed by atoms with van der Waals surface area (Å²) in [5, 5.41) is 0. The zero-order valence-electron chi connectivity index (χ0n) is 10.2. The molecule has 1 saturated heterocycles. The number of hydrogen-bond donors (Lipinski definition) is 1. The lowest BCUT2D eigenvalue weighted by Crippen LogP contribution is -2.36. The third kappa shape index (κ3) is 2.83. The molecule has 2 atom stereocenters. The Bertz CT molecular complexity index is 336. The molecule has 2 rings (SSSR count). The van der Waals surface area contributed by atoms with Crippen molar-refractivity contribution in [3.05, 3.63) is 34.9 Å². The van der Waals surface area contributed by atoms with Gasteiger partial charge in [-0.05, 0) is 38.7 Å². The molecule has 1 aliphatic rings. The Labute approximate surface area is 97.8 Å². The van der Waals surface area contributed by atoms with E-state index in [4.69, 9.17) is 10.5 Å².